The Bertz CT molecular complexity index is 321. The third kappa shape index (κ3) is 1.45. The molecule has 1 aromatic heterocycles. The van der Waals surface area contributed by atoms with Crippen molar-refractivity contribution in [3.63, 3.8) is 0 Å². The van der Waals surface area contributed by atoms with Crippen LogP contribution in [0, 0.1) is 18.3 Å². The highest BCUT2D eigenvalue weighted by Crippen LogP contribution is 2.21. The van der Waals surface area contributed by atoms with Gasteiger partial charge in [-0.2, -0.15) is 5.26 Å². The number of rotatable bonds is 1. The minimum absolute atomic E-state index is 0.391. The summed E-state index contributed by atoms with van der Waals surface area (Å²) in [4.78, 5) is 3.98. The third-order valence-corrected chi connectivity index (χ3v) is 1.88. The van der Waals surface area contributed by atoms with E-state index in [9.17, 15) is 0 Å². The molecule has 0 bridgehead atoms. The quantitative estimate of drug-likeness (QED) is 0.632. The van der Waals surface area contributed by atoms with Crippen LogP contribution in [0.3, 0.4) is 0 Å². The maximum absolute atomic E-state index is 8.80. The fourth-order valence-electron chi connectivity index (χ4n) is 1.43. The molecule has 2 nitrogen and oxygen atoms in total. The Labute approximate surface area is 72.9 Å². The highest BCUT2D eigenvalue weighted by atomic mass is 14.6. The van der Waals surface area contributed by atoms with Crippen LogP contribution in [0.25, 0.3) is 0 Å². The lowest BCUT2D eigenvalue weighted by Crippen LogP contribution is -1.97. The Hall–Kier alpha value is -1.36. The van der Waals surface area contributed by atoms with Gasteiger partial charge in [0.25, 0.3) is 0 Å². The Balaban J connectivity index is 3.32. The molecule has 0 N–H and O–H groups in total. The number of hydrogen-bond acceptors (Lipinski definition) is 2. The second kappa shape index (κ2) is 3.36. The number of nitrogens with zero attached hydrogens (tertiary/aromatic N) is 2. The van der Waals surface area contributed by atoms with Gasteiger partial charge >= 0.3 is 0 Å². The van der Waals surface area contributed by atoms with Gasteiger partial charge < -0.3 is 0 Å². The van der Waals surface area contributed by atoms with Crippen LogP contribution < -0.4 is 0 Å². The first kappa shape index (κ1) is 8.73. The van der Waals surface area contributed by atoms with E-state index in [2.05, 4.69) is 24.9 Å². The van der Waals surface area contributed by atoms with Crippen LogP contribution in [0.5, 0.6) is 0 Å². The van der Waals surface area contributed by atoms with Gasteiger partial charge in [-0.15, -0.1) is 0 Å². The van der Waals surface area contributed by atoms with Crippen LogP contribution >= 0.6 is 0 Å². The van der Waals surface area contributed by atoms with Crippen LogP contribution in [0.15, 0.2) is 12.4 Å². The molecule has 62 valence electrons. The second-order valence-electron chi connectivity index (χ2n) is 3.18. The molecule has 2 heteroatoms. The molecule has 0 radical (unpaired) electrons. The maximum Gasteiger partial charge on any atom is 0.101 e. The molecule has 0 atom stereocenters. The topological polar surface area (TPSA) is 36.7 Å². The number of nitriles is 1. The van der Waals surface area contributed by atoms with E-state index < -0.39 is 0 Å². The van der Waals surface area contributed by atoms with Crippen molar-refractivity contribution in [2.75, 3.05) is 0 Å². The molecule has 12 heavy (non-hydrogen) atoms. The first-order valence-electron chi connectivity index (χ1n) is 4.01. The predicted octanol–water partition coefficient (Wildman–Crippen LogP) is 2.39. The van der Waals surface area contributed by atoms with E-state index in [0.717, 1.165) is 11.1 Å². The van der Waals surface area contributed by atoms with E-state index in [-0.39, 0.29) is 0 Å². The van der Waals surface area contributed by atoms with Crippen LogP contribution in [0.4, 0.5) is 0 Å². The Morgan fingerprint density at radius 3 is 2.50 bits per heavy atom. The number of aromatic nitrogens is 1. The monoisotopic (exact) mass is 160 g/mol. The highest BCUT2D eigenvalue weighted by Gasteiger charge is 2.08. The van der Waals surface area contributed by atoms with Crippen molar-refractivity contribution in [1.29, 1.82) is 5.26 Å². The molecule has 1 rings (SSSR count). The lowest BCUT2D eigenvalue weighted by Gasteiger charge is -2.09. The van der Waals surface area contributed by atoms with Crippen molar-refractivity contribution in [2.24, 2.45) is 0 Å². The summed E-state index contributed by atoms with van der Waals surface area (Å²) in [5, 5.41) is 8.80. The second-order valence-corrected chi connectivity index (χ2v) is 3.18. The molecule has 0 aliphatic rings. The molecule has 0 spiro atoms. The van der Waals surface area contributed by atoms with Gasteiger partial charge in [0, 0.05) is 12.4 Å². The zero-order valence-electron chi connectivity index (χ0n) is 7.63. The zero-order valence-corrected chi connectivity index (χ0v) is 7.63. The van der Waals surface area contributed by atoms with Crippen molar-refractivity contribution in [1.82, 2.24) is 4.98 Å². The lowest BCUT2D eigenvalue weighted by molar-refractivity contribution is 0.847. The van der Waals surface area contributed by atoms with Crippen LogP contribution in [-0.4, -0.2) is 4.98 Å². The first-order valence-corrected chi connectivity index (χ1v) is 4.01. The number of aryl methyl sites for hydroxylation is 1. The predicted molar refractivity (Wildman–Crippen MR) is 47.8 cm³/mol. The van der Waals surface area contributed by atoms with Crippen LogP contribution in [-0.2, 0) is 0 Å². The summed E-state index contributed by atoms with van der Waals surface area (Å²) in [6.07, 6.45) is 3.43. The minimum atomic E-state index is 0.391. The first-order chi connectivity index (χ1) is 5.66. The van der Waals surface area contributed by atoms with Gasteiger partial charge in [-0.25, -0.2) is 0 Å². The average molecular weight is 160 g/mol. The lowest BCUT2D eigenvalue weighted by atomic mass is 9.96. The fraction of sp³-hybridized carbons (Fsp3) is 0.400. The SMILES string of the molecule is Cc1cncc(C#N)c1C(C)C. The Morgan fingerprint density at radius 1 is 1.42 bits per heavy atom. The molecule has 1 aromatic rings. The molecule has 0 aromatic carbocycles. The van der Waals surface area contributed by atoms with Crippen molar-refractivity contribution >= 4 is 0 Å². The summed E-state index contributed by atoms with van der Waals surface area (Å²) in [6.45, 7) is 6.16. The van der Waals surface area contributed by atoms with E-state index >= 15 is 0 Å². The fourth-order valence-corrected chi connectivity index (χ4v) is 1.43. The van der Waals surface area contributed by atoms with Crippen molar-refractivity contribution < 1.29 is 0 Å². The standard InChI is InChI=1S/C10H12N2/c1-7(2)10-8(3)5-12-6-9(10)4-11/h5-7H,1-3H3. The zero-order chi connectivity index (χ0) is 9.14. The van der Waals surface area contributed by atoms with E-state index in [1.165, 1.54) is 0 Å². The van der Waals surface area contributed by atoms with E-state index in [4.69, 9.17) is 5.26 Å². The molecular formula is C10H12N2. The Kier molecular flexibility index (Phi) is 2.44. The summed E-state index contributed by atoms with van der Waals surface area (Å²) in [5.74, 6) is 0.391. The molecule has 0 fully saturated rings. The normalized spacial score (nSPS) is 9.92. The minimum Gasteiger partial charge on any atom is -0.263 e. The molecule has 0 saturated carbocycles. The summed E-state index contributed by atoms with van der Waals surface area (Å²) in [6, 6.07) is 2.16. The van der Waals surface area contributed by atoms with Crippen LogP contribution in [0.2, 0.25) is 0 Å². The molecular weight excluding hydrogens is 148 g/mol. The smallest absolute Gasteiger partial charge is 0.101 e. The van der Waals surface area contributed by atoms with Gasteiger partial charge in [0.15, 0.2) is 0 Å². The molecule has 0 saturated heterocycles. The maximum atomic E-state index is 8.80. The van der Waals surface area contributed by atoms with E-state index in [1.54, 1.807) is 12.4 Å². The summed E-state index contributed by atoms with van der Waals surface area (Å²) in [7, 11) is 0. The van der Waals surface area contributed by atoms with Gasteiger partial charge in [0.1, 0.15) is 6.07 Å². The van der Waals surface area contributed by atoms with Gasteiger partial charge in [0.2, 0.25) is 0 Å². The highest BCUT2D eigenvalue weighted by molar-refractivity contribution is 5.41. The largest absolute Gasteiger partial charge is 0.263 e. The summed E-state index contributed by atoms with van der Waals surface area (Å²) < 4.78 is 0. The number of hydrogen-bond donors (Lipinski definition) is 0. The molecule has 0 unspecified atom stereocenters. The summed E-state index contributed by atoms with van der Waals surface area (Å²) >= 11 is 0. The van der Waals surface area contributed by atoms with Gasteiger partial charge in [-0.3, -0.25) is 4.98 Å². The number of pyridine rings is 1. The molecule has 1 heterocycles. The van der Waals surface area contributed by atoms with Crippen molar-refractivity contribution in [3.05, 3.63) is 29.1 Å². The van der Waals surface area contributed by atoms with E-state index in [0.29, 0.717) is 11.5 Å². The van der Waals surface area contributed by atoms with Gasteiger partial charge in [0.05, 0.1) is 5.56 Å². The van der Waals surface area contributed by atoms with Crippen LogP contribution in [0.1, 0.15) is 36.5 Å². The van der Waals surface area contributed by atoms with Crippen molar-refractivity contribution in [2.45, 2.75) is 26.7 Å². The third-order valence-electron chi connectivity index (χ3n) is 1.88. The average Bonchev–Trinajstić information content (AvgIpc) is 2.03. The van der Waals surface area contributed by atoms with Gasteiger partial charge in [-0.05, 0) is 24.0 Å². The van der Waals surface area contributed by atoms with Crippen molar-refractivity contribution in [3.8, 4) is 6.07 Å². The molecule has 0 amide bonds. The summed E-state index contributed by atoms with van der Waals surface area (Å²) in [5.41, 5.74) is 2.92. The van der Waals surface area contributed by atoms with Gasteiger partial charge in [-0.1, -0.05) is 13.8 Å². The van der Waals surface area contributed by atoms with E-state index in [1.807, 2.05) is 6.92 Å². The molecule has 0 aliphatic carbocycles. The Morgan fingerprint density at radius 2 is 2.08 bits per heavy atom. The molecule has 0 aliphatic heterocycles.